The van der Waals surface area contributed by atoms with Gasteiger partial charge in [0.15, 0.2) is 11.6 Å². The number of aromatic nitrogens is 1. The van der Waals surface area contributed by atoms with Crippen LogP contribution >= 0.6 is 15.9 Å². The third-order valence-electron chi connectivity index (χ3n) is 3.17. The standard InChI is InChI=1S/C15H23BrN2O2/c1-4-8-19-13-6-5-7-17-14(13)18-10-12(9-16)20-15(2,3)11-18/h5-7,12H,4,8-11H2,1-3H3. The van der Waals surface area contributed by atoms with E-state index in [4.69, 9.17) is 9.47 Å². The maximum absolute atomic E-state index is 6.04. The fourth-order valence-corrected chi connectivity index (χ4v) is 2.82. The van der Waals surface area contributed by atoms with Crippen molar-refractivity contribution in [2.45, 2.75) is 38.9 Å². The Morgan fingerprint density at radius 3 is 3.05 bits per heavy atom. The average Bonchev–Trinajstić information content (AvgIpc) is 2.43. The van der Waals surface area contributed by atoms with Gasteiger partial charge in [-0.2, -0.15) is 0 Å². The van der Waals surface area contributed by atoms with E-state index in [1.54, 1.807) is 0 Å². The molecule has 0 saturated carbocycles. The Kier molecular flexibility index (Phi) is 5.27. The van der Waals surface area contributed by atoms with E-state index < -0.39 is 0 Å². The summed E-state index contributed by atoms with van der Waals surface area (Å²) in [5, 5.41) is 0.824. The lowest BCUT2D eigenvalue weighted by molar-refractivity contribution is -0.0726. The Morgan fingerprint density at radius 2 is 2.35 bits per heavy atom. The van der Waals surface area contributed by atoms with Crippen molar-refractivity contribution < 1.29 is 9.47 Å². The summed E-state index contributed by atoms with van der Waals surface area (Å²) in [6.45, 7) is 8.70. The molecule has 0 radical (unpaired) electrons. The van der Waals surface area contributed by atoms with E-state index in [1.165, 1.54) is 0 Å². The van der Waals surface area contributed by atoms with Crippen LogP contribution < -0.4 is 9.64 Å². The number of nitrogens with zero attached hydrogens (tertiary/aromatic N) is 2. The first-order valence-corrected chi connectivity index (χ1v) is 8.24. The molecule has 0 aromatic carbocycles. The minimum atomic E-state index is -0.184. The zero-order valence-electron chi connectivity index (χ0n) is 12.4. The molecule has 112 valence electrons. The summed E-state index contributed by atoms with van der Waals surface area (Å²) in [6, 6.07) is 3.91. The Balaban J connectivity index is 2.21. The monoisotopic (exact) mass is 342 g/mol. The van der Waals surface area contributed by atoms with E-state index >= 15 is 0 Å². The van der Waals surface area contributed by atoms with Crippen LogP contribution in [0.4, 0.5) is 5.82 Å². The smallest absolute Gasteiger partial charge is 0.171 e. The van der Waals surface area contributed by atoms with Crippen LogP contribution in [0.2, 0.25) is 0 Å². The van der Waals surface area contributed by atoms with Crippen molar-refractivity contribution in [2.24, 2.45) is 0 Å². The maximum Gasteiger partial charge on any atom is 0.171 e. The summed E-state index contributed by atoms with van der Waals surface area (Å²) in [5.41, 5.74) is -0.184. The van der Waals surface area contributed by atoms with Crippen LogP contribution in [-0.4, -0.2) is 41.7 Å². The molecule has 1 unspecified atom stereocenters. The summed E-state index contributed by atoms with van der Waals surface area (Å²) in [7, 11) is 0. The van der Waals surface area contributed by atoms with E-state index in [0.29, 0.717) is 6.61 Å². The minimum Gasteiger partial charge on any atom is -0.490 e. The number of rotatable bonds is 5. The van der Waals surface area contributed by atoms with Gasteiger partial charge in [-0.1, -0.05) is 22.9 Å². The second kappa shape index (κ2) is 6.76. The van der Waals surface area contributed by atoms with Crippen molar-refractivity contribution in [3.05, 3.63) is 18.3 Å². The Bertz CT molecular complexity index is 440. The van der Waals surface area contributed by atoms with Crippen molar-refractivity contribution in [3.63, 3.8) is 0 Å². The Labute approximate surface area is 129 Å². The van der Waals surface area contributed by atoms with Crippen LogP contribution in [0.3, 0.4) is 0 Å². The highest BCUT2D eigenvalue weighted by Gasteiger charge is 2.34. The molecule has 1 atom stereocenters. The highest BCUT2D eigenvalue weighted by Crippen LogP contribution is 2.31. The molecule has 0 aliphatic carbocycles. The van der Waals surface area contributed by atoms with Gasteiger partial charge < -0.3 is 14.4 Å². The lowest BCUT2D eigenvalue weighted by Gasteiger charge is -2.43. The molecule has 1 aromatic heterocycles. The quantitative estimate of drug-likeness (QED) is 0.769. The number of morpholine rings is 1. The van der Waals surface area contributed by atoms with Crippen molar-refractivity contribution in [2.75, 3.05) is 29.9 Å². The van der Waals surface area contributed by atoms with Gasteiger partial charge in [-0.3, -0.25) is 0 Å². The molecule has 5 heteroatoms. The van der Waals surface area contributed by atoms with E-state index in [0.717, 1.165) is 36.4 Å². The van der Waals surface area contributed by atoms with Crippen molar-refractivity contribution >= 4 is 21.7 Å². The van der Waals surface area contributed by atoms with Crippen LogP contribution in [-0.2, 0) is 4.74 Å². The van der Waals surface area contributed by atoms with Gasteiger partial charge in [0.05, 0.1) is 18.3 Å². The molecule has 4 nitrogen and oxygen atoms in total. The van der Waals surface area contributed by atoms with Gasteiger partial charge in [-0.25, -0.2) is 4.98 Å². The first-order valence-electron chi connectivity index (χ1n) is 7.12. The number of ether oxygens (including phenoxy) is 2. The minimum absolute atomic E-state index is 0.166. The molecule has 0 amide bonds. The molecular formula is C15H23BrN2O2. The van der Waals surface area contributed by atoms with Gasteiger partial charge in [0.1, 0.15) is 0 Å². The zero-order valence-corrected chi connectivity index (χ0v) is 14.0. The molecule has 0 bridgehead atoms. The number of hydrogen-bond acceptors (Lipinski definition) is 4. The van der Waals surface area contributed by atoms with Crippen LogP contribution in [0, 0.1) is 0 Å². The molecule has 20 heavy (non-hydrogen) atoms. The first-order chi connectivity index (χ1) is 9.55. The van der Waals surface area contributed by atoms with Crippen molar-refractivity contribution in [3.8, 4) is 5.75 Å². The second-order valence-electron chi connectivity index (χ2n) is 5.71. The summed E-state index contributed by atoms with van der Waals surface area (Å²) in [6.07, 6.45) is 2.98. The average molecular weight is 343 g/mol. The zero-order chi connectivity index (χ0) is 14.6. The molecule has 0 N–H and O–H groups in total. The third kappa shape index (κ3) is 3.85. The summed E-state index contributed by atoms with van der Waals surface area (Å²) < 4.78 is 11.9. The van der Waals surface area contributed by atoms with E-state index in [2.05, 4.69) is 46.6 Å². The van der Waals surface area contributed by atoms with E-state index in [-0.39, 0.29) is 11.7 Å². The highest BCUT2D eigenvalue weighted by atomic mass is 79.9. The predicted octanol–water partition coefficient (Wildman–Crippen LogP) is 3.25. The topological polar surface area (TPSA) is 34.6 Å². The lowest BCUT2D eigenvalue weighted by Crippen LogP contribution is -2.53. The van der Waals surface area contributed by atoms with Crippen LogP contribution in [0.1, 0.15) is 27.2 Å². The summed E-state index contributed by atoms with van der Waals surface area (Å²) in [4.78, 5) is 6.78. The molecule has 1 saturated heterocycles. The Morgan fingerprint density at radius 1 is 1.55 bits per heavy atom. The molecule has 0 spiro atoms. The van der Waals surface area contributed by atoms with Crippen molar-refractivity contribution in [1.29, 1.82) is 0 Å². The molecule has 1 fully saturated rings. The molecule has 2 heterocycles. The fourth-order valence-electron chi connectivity index (χ4n) is 2.48. The van der Waals surface area contributed by atoms with E-state index in [1.807, 2.05) is 18.3 Å². The van der Waals surface area contributed by atoms with Crippen LogP contribution in [0.5, 0.6) is 5.75 Å². The Hall–Kier alpha value is -0.810. The number of alkyl halides is 1. The third-order valence-corrected chi connectivity index (χ3v) is 3.89. The van der Waals surface area contributed by atoms with Gasteiger partial charge >= 0.3 is 0 Å². The number of pyridine rings is 1. The molecule has 2 rings (SSSR count). The van der Waals surface area contributed by atoms with E-state index in [9.17, 15) is 0 Å². The van der Waals surface area contributed by atoms with Crippen LogP contribution in [0.25, 0.3) is 0 Å². The van der Waals surface area contributed by atoms with Gasteiger partial charge in [0.2, 0.25) is 0 Å². The number of hydrogen-bond donors (Lipinski definition) is 0. The lowest BCUT2D eigenvalue weighted by atomic mass is 10.1. The van der Waals surface area contributed by atoms with Crippen LogP contribution in [0.15, 0.2) is 18.3 Å². The number of halogens is 1. The second-order valence-corrected chi connectivity index (χ2v) is 6.36. The van der Waals surface area contributed by atoms with Gasteiger partial charge in [-0.05, 0) is 32.4 Å². The van der Waals surface area contributed by atoms with Gasteiger partial charge in [0, 0.05) is 24.6 Å². The first kappa shape index (κ1) is 15.6. The SMILES string of the molecule is CCCOc1cccnc1N1CC(CBr)OC(C)(C)C1. The molecule has 1 aliphatic rings. The highest BCUT2D eigenvalue weighted by molar-refractivity contribution is 9.09. The van der Waals surface area contributed by atoms with Gasteiger partial charge in [-0.15, -0.1) is 0 Å². The number of anilines is 1. The van der Waals surface area contributed by atoms with Crippen molar-refractivity contribution in [1.82, 2.24) is 4.98 Å². The summed E-state index contributed by atoms with van der Waals surface area (Å²) in [5.74, 6) is 1.78. The predicted molar refractivity (Wildman–Crippen MR) is 85.0 cm³/mol. The van der Waals surface area contributed by atoms with Gasteiger partial charge in [0.25, 0.3) is 0 Å². The molecule has 1 aromatic rings. The summed E-state index contributed by atoms with van der Waals surface area (Å²) >= 11 is 3.52. The maximum atomic E-state index is 6.04. The normalized spacial score (nSPS) is 21.8. The molecule has 1 aliphatic heterocycles. The largest absolute Gasteiger partial charge is 0.490 e. The molecular weight excluding hydrogens is 320 g/mol. The fraction of sp³-hybridized carbons (Fsp3) is 0.667.